The van der Waals surface area contributed by atoms with Crippen molar-refractivity contribution in [3.63, 3.8) is 0 Å². The summed E-state index contributed by atoms with van der Waals surface area (Å²) in [4.78, 5) is 15.4. The molecule has 3 fully saturated rings. The summed E-state index contributed by atoms with van der Waals surface area (Å²) >= 11 is 0. The van der Waals surface area contributed by atoms with E-state index in [1.807, 2.05) is 6.07 Å². The summed E-state index contributed by atoms with van der Waals surface area (Å²) in [5, 5.41) is 15.0. The Morgan fingerprint density at radius 2 is 2.19 bits per heavy atom. The molecule has 1 spiro atoms. The van der Waals surface area contributed by atoms with E-state index < -0.39 is 5.60 Å². The number of ether oxygens (including phenoxy) is 1. The molecule has 2 aliphatic carbocycles. The lowest BCUT2D eigenvalue weighted by Gasteiger charge is -2.45. The van der Waals surface area contributed by atoms with E-state index in [1.165, 1.54) is 12.7 Å². The first kappa shape index (κ1) is 15.2. The van der Waals surface area contributed by atoms with Gasteiger partial charge in [0.1, 0.15) is 0 Å². The Hall–Kier alpha value is -1.85. The minimum atomic E-state index is -0.699. The summed E-state index contributed by atoms with van der Waals surface area (Å²) in [5.41, 5.74) is 3.44. The van der Waals surface area contributed by atoms with Crippen molar-refractivity contribution in [1.82, 2.24) is 4.90 Å². The number of methoxy groups -OCH3 is 1. The maximum atomic E-state index is 12.9. The molecule has 3 heterocycles. The fourth-order valence-corrected chi connectivity index (χ4v) is 7.32. The summed E-state index contributed by atoms with van der Waals surface area (Å²) in [6.07, 6.45) is 2.52. The van der Waals surface area contributed by atoms with Crippen LogP contribution in [0.5, 0.6) is 0 Å². The third-order valence-corrected chi connectivity index (χ3v) is 8.06. The van der Waals surface area contributed by atoms with E-state index in [4.69, 9.17) is 4.74 Å². The van der Waals surface area contributed by atoms with Gasteiger partial charge in [-0.1, -0.05) is 25.1 Å². The number of aliphatic hydroxyl groups is 1. The average Bonchev–Trinajstić information content (AvgIpc) is 3.34. The van der Waals surface area contributed by atoms with Gasteiger partial charge in [-0.05, 0) is 36.8 Å². The lowest BCUT2D eigenvalue weighted by molar-refractivity contribution is -0.137. The number of para-hydroxylation sites is 1. The van der Waals surface area contributed by atoms with Gasteiger partial charge < -0.3 is 15.2 Å². The predicted molar refractivity (Wildman–Crippen MR) is 96.5 cm³/mol. The Labute approximate surface area is 153 Å². The fraction of sp³-hybridized carbons (Fsp3) is 0.571. The largest absolute Gasteiger partial charge is 0.466 e. The van der Waals surface area contributed by atoms with E-state index in [0.29, 0.717) is 12.0 Å². The van der Waals surface area contributed by atoms with Crippen LogP contribution in [0.15, 0.2) is 35.5 Å². The monoisotopic (exact) mass is 352 g/mol. The zero-order valence-electron chi connectivity index (χ0n) is 15.2. The fourth-order valence-electron chi connectivity index (χ4n) is 7.32. The van der Waals surface area contributed by atoms with E-state index in [0.717, 1.165) is 42.8 Å². The summed E-state index contributed by atoms with van der Waals surface area (Å²) in [7, 11) is 1.47. The molecule has 6 atom stereocenters. The number of carbonyl (C=O) groups excluding carboxylic acids is 1. The number of fused-ring (bicyclic) bond motifs is 2. The first-order chi connectivity index (χ1) is 12.6. The van der Waals surface area contributed by atoms with Crippen LogP contribution in [-0.4, -0.2) is 47.3 Å². The Bertz CT molecular complexity index is 880. The highest BCUT2D eigenvalue weighted by Gasteiger charge is 2.76. The van der Waals surface area contributed by atoms with Crippen molar-refractivity contribution >= 4 is 11.7 Å². The van der Waals surface area contributed by atoms with Crippen LogP contribution in [0.4, 0.5) is 5.69 Å². The van der Waals surface area contributed by atoms with E-state index >= 15 is 0 Å². The molecule has 5 heteroatoms. The second-order valence-electron chi connectivity index (χ2n) is 8.65. The minimum Gasteiger partial charge on any atom is -0.466 e. The second kappa shape index (κ2) is 4.52. The van der Waals surface area contributed by atoms with Crippen molar-refractivity contribution in [2.24, 2.45) is 11.8 Å². The normalized spacial score (nSPS) is 44.1. The van der Waals surface area contributed by atoms with E-state index in [2.05, 4.69) is 35.3 Å². The van der Waals surface area contributed by atoms with Gasteiger partial charge in [-0.25, -0.2) is 4.79 Å². The molecule has 2 N–H and O–H groups in total. The lowest BCUT2D eigenvalue weighted by Crippen LogP contribution is -2.55. The SMILES string of the molecule is CC[C@@]1(O)C[C@@H]2C3C(C(=O)OC)=C4Nc5ccccc5[C@]45CCN(C31)[C@H]25. The summed E-state index contributed by atoms with van der Waals surface area (Å²) in [5.74, 6) is 0.160. The van der Waals surface area contributed by atoms with Gasteiger partial charge in [-0.3, -0.25) is 4.90 Å². The Kier molecular flexibility index (Phi) is 2.65. The maximum absolute atomic E-state index is 12.9. The van der Waals surface area contributed by atoms with Gasteiger partial charge >= 0.3 is 5.97 Å². The van der Waals surface area contributed by atoms with Crippen LogP contribution in [0.3, 0.4) is 0 Å². The molecule has 5 aliphatic rings. The molecular weight excluding hydrogens is 328 g/mol. The number of anilines is 1. The number of hydrogen-bond acceptors (Lipinski definition) is 5. The standard InChI is InChI=1S/C21H24N2O3/c1-3-20(25)10-11-14-15(19(24)26-2)16-21(8-9-23(17(11)21)18(14)20)12-6-4-5-7-13(12)22-16/h4-7,11,14,17-18,22,25H,3,8-10H2,1-2H3/t11-,14?,17-,18?,20-,21-/m1/s1. The molecule has 2 unspecified atom stereocenters. The van der Waals surface area contributed by atoms with Gasteiger partial charge in [0.05, 0.1) is 23.7 Å². The van der Waals surface area contributed by atoms with Crippen molar-refractivity contribution in [3.05, 3.63) is 41.1 Å². The molecule has 0 aromatic heterocycles. The molecule has 136 valence electrons. The number of carbonyl (C=O) groups is 1. The van der Waals surface area contributed by atoms with E-state index in [1.54, 1.807) is 0 Å². The zero-order chi connectivity index (χ0) is 17.8. The molecule has 1 saturated carbocycles. The smallest absolute Gasteiger partial charge is 0.335 e. The second-order valence-corrected chi connectivity index (χ2v) is 8.65. The highest BCUT2D eigenvalue weighted by Crippen LogP contribution is 2.70. The molecular formula is C21H24N2O3. The molecule has 4 bridgehead atoms. The molecule has 0 radical (unpaired) electrons. The van der Waals surface area contributed by atoms with Gasteiger partial charge in [0.25, 0.3) is 0 Å². The molecule has 5 nitrogen and oxygen atoms in total. The topological polar surface area (TPSA) is 61.8 Å². The van der Waals surface area contributed by atoms with Crippen molar-refractivity contribution in [2.75, 3.05) is 19.0 Å². The van der Waals surface area contributed by atoms with Crippen LogP contribution in [-0.2, 0) is 14.9 Å². The predicted octanol–water partition coefficient (Wildman–Crippen LogP) is 2.02. The van der Waals surface area contributed by atoms with Gasteiger partial charge in [0.15, 0.2) is 0 Å². The third kappa shape index (κ3) is 1.37. The third-order valence-electron chi connectivity index (χ3n) is 8.06. The van der Waals surface area contributed by atoms with Gasteiger partial charge in [-0.15, -0.1) is 0 Å². The van der Waals surface area contributed by atoms with Crippen molar-refractivity contribution in [3.8, 4) is 0 Å². The van der Waals surface area contributed by atoms with Crippen LogP contribution in [0.2, 0.25) is 0 Å². The number of piperidine rings is 1. The lowest BCUT2D eigenvalue weighted by atomic mass is 9.62. The van der Waals surface area contributed by atoms with Crippen LogP contribution < -0.4 is 5.32 Å². The van der Waals surface area contributed by atoms with Crippen LogP contribution in [0, 0.1) is 11.8 Å². The maximum Gasteiger partial charge on any atom is 0.335 e. The van der Waals surface area contributed by atoms with Crippen molar-refractivity contribution < 1.29 is 14.6 Å². The number of rotatable bonds is 2. The number of benzene rings is 1. The number of nitrogens with one attached hydrogen (secondary N) is 1. The van der Waals surface area contributed by atoms with Crippen LogP contribution in [0.1, 0.15) is 31.7 Å². The van der Waals surface area contributed by atoms with E-state index in [-0.39, 0.29) is 23.3 Å². The minimum absolute atomic E-state index is 0.0306. The molecule has 0 amide bonds. The highest BCUT2D eigenvalue weighted by molar-refractivity contribution is 5.94. The number of nitrogens with zero attached hydrogens (tertiary/aromatic N) is 1. The van der Waals surface area contributed by atoms with Crippen molar-refractivity contribution in [1.29, 1.82) is 0 Å². The summed E-state index contributed by atoms with van der Waals surface area (Å²) < 4.78 is 5.24. The number of esters is 1. The quantitative estimate of drug-likeness (QED) is 0.798. The zero-order valence-corrected chi connectivity index (χ0v) is 15.2. The van der Waals surface area contributed by atoms with Crippen molar-refractivity contribution in [2.45, 2.75) is 49.3 Å². The summed E-state index contributed by atoms with van der Waals surface area (Å²) in [6.45, 7) is 3.05. The molecule has 6 rings (SSSR count). The van der Waals surface area contributed by atoms with Gasteiger partial charge in [-0.2, -0.15) is 0 Å². The molecule has 1 aromatic carbocycles. The Balaban J connectivity index is 1.65. The summed E-state index contributed by atoms with van der Waals surface area (Å²) in [6, 6.07) is 8.88. The average molecular weight is 352 g/mol. The first-order valence-electron chi connectivity index (χ1n) is 9.74. The first-order valence-corrected chi connectivity index (χ1v) is 9.74. The number of hydrogen-bond donors (Lipinski definition) is 2. The van der Waals surface area contributed by atoms with Gasteiger partial charge in [0.2, 0.25) is 0 Å². The molecule has 3 aliphatic heterocycles. The highest BCUT2D eigenvalue weighted by atomic mass is 16.5. The van der Waals surface area contributed by atoms with Gasteiger partial charge in [0, 0.05) is 35.9 Å². The Morgan fingerprint density at radius 3 is 2.96 bits per heavy atom. The van der Waals surface area contributed by atoms with Crippen LogP contribution >= 0.6 is 0 Å². The van der Waals surface area contributed by atoms with Crippen LogP contribution in [0.25, 0.3) is 0 Å². The molecule has 1 aromatic rings. The molecule has 2 saturated heterocycles. The molecule has 26 heavy (non-hydrogen) atoms. The van der Waals surface area contributed by atoms with E-state index in [9.17, 15) is 9.90 Å². The Morgan fingerprint density at radius 1 is 1.38 bits per heavy atom.